The van der Waals surface area contributed by atoms with Gasteiger partial charge in [0.2, 0.25) is 0 Å². The third kappa shape index (κ3) is 3.07. The third-order valence-electron chi connectivity index (χ3n) is 4.65. The van der Waals surface area contributed by atoms with E-state index in [0.29, 0.717) is 19.4 Å². The molecule has 1 aliphatic rings. The first-order chi connectivity index (χ1) is 11.9. The summed E-state index contributed by atoms with van der Waals surface area (Å²) in [4.78, 5) is 16.6. The van der Waals surface area contributed by atoms with E-state index in [1.165, 1.54) is 23.9 Å². The number of esters is 1. The number of aromatic nitrogens is 2. The highest BCUT2D eigenvalue weighted by molar-refractivity contribution is 7.89. The molecule has 134 valence electrons. The Morgan fingerprint density at radius 1 is 1.28 bits per heavy atom. The first kappa shape index (κ1) is 17.6. The molecule has 0 bridgehead atoms. The lowest BCUT2D eigenvalue weighted by Gasteiger charge is -2.40. The molecule has 7 nitrogen and oxygen atoms in total. The van der Waals surface area contributed by atoms with Gasteiger partial charge >= 0.3 is 5.97 Å². The van der Waals surface area contributed by atoms with Crippen molar-refractivity contribution in [2.75, 3.05) is 20.2 Å². The van der Waals surface area contributed by atoms with E-state index in [0.717, 1.165) is 5.56 Å². The first-order valence-electron chi connectivity index (χ1n) is 8.02. The molecule has 1 unspecified atom stereocenters. The Morgan fingerprint density at radius 2 is 2.00 bits per heavy atom. The van der Waals surface area contributed by atoms with Crippen LogP contribution in [0.4, 0.5) is 0 Å². The van der Waals surface area contributed by atoms with Crippen LogP contribution in [0.15, 0.2) is 47.9 Å². The van der Waals surface area contributed by atoms with Crippen LogP contribution in [0, 0.1) is 0 Å². The number of carbonyl (C=O) groups excluding carboxylic acids is 1. The van der Waals surface area contributed by atoms with Gasteiger partial charge < -0.3 is 9.30 Å². The summed E-state index contributed by atoms with van der Waals surface area (Å²) in [5.74, 6) is -0.417. The van der Waals surface area contributed by atoms with Crippen molar-refractivity contribution in [1.82, 2.24) is 13.9 Å². The summed E-state index contributed by atoms with van der Waals surface area (Å²) >= 11 is 0. The molecule has 25 heavy (non-hydrogen) atoms. The largest absolute Gasteiger partial charge is 0.468 e. The van der Waals surface area contributed by atoms with Crippen molar-refractivity contribution in [3.05, 3.63) is 48.4 Å². The number of benzene rings is 1. The van der Waals surface area contributed by atoms with E-state index in [1.54, 1.807) is 11.6 Å². The molecule has 8 heteroatoms. The molecule has 1 aromatic carbocycles. The molecule has 0 saturated carbocycles. The molecule has 0 N–H and O–H groups in total. The van der Waals surface area contributed by atoms with Crippen LogP contribution in [0.5, 0.6) is 0 Å². The zero-order valence-corrected chi connectivity index (χ0v) is 15.1. The van der Waals surface area contributed by atoms with Gasteiger partial charge in [0, 0.05) is 26.3 Å². The number of hydrogen-bond acceptors (Lipinski definition) is 5. The maximum absolute atomic E-state index is 12.9. The van der Waals surface area contributed by atoms with Crippen LogP contribution in [-0.2, 0) is 32.0 Å². The van der Waals surface area contributed by atoms with Crippen molar-refractivity contribution >= 4 is 16.0 Å². The quantitative estimate of drug-likeness (QED) is 0.765. The molecule has 1 aliphatic heterocycles. The van der Waals surface area contributed by atoms with Crippen molar-refractivity contribution in [3.63, 3.8) is 0 Å². The van der Waals surface area contributed by atoms with Gasteiger partial charge in [-0.2, -0.15) is 4.31 Å². The zero-order chi connectivity index (χ0) is 18.1. The van der Waals surface area contributed by atoms with Gasteiger partial charge in [-0.25, -0.2) is 13.4 Å². The maximum Gasteiger partial charge on any atom is 0.317 e. The predicted molar refractivity (Wildman–Crippen MR) is 91.3 cm³/mol. The Bertz CT molecular complexity index is 863. The Kier molecular flexibility index (Phi) is 4.66. The van der Waals surface area contributed by atoms with Crippen molar-refractivity contribution in [2.24, 2.45) is 7.05 Å². The van der Waals surface area contributed by atoms with Gasteiger partial charge in [0.1, 0.15) is 5.41 Å². The second kappa shape index (κ2) is 6.61. The minimum Gasteiger partial charge on any atom is -0.468 e. The van der Waals surface area contributed by atoms with Crippen LogP contribution in [0.2, 0.25) is 0 Å². The van der Waals surface area contributed by atoms with Gasteiger partial charge in [-0.05, 0) is 18.4 Å². The maximum atomic E-state index is 12.9. The van der Waals surface area contributed by atoms with E-state index in [1.807, 2.05) is 30.3 Å². The molecule has 3 rings (SSSR count). The monoisotopic (exact) mass is 363 g/mol. The summed E-state index contributed by atoms with van der Waals surface area (Å²) in [6, 6.07) is 9.22. The van der Waals surface area contributed by atoms with Gasteiger partial charge in [-0.3, -0.25) is 4.79 Å². The number of nitrogens with zero attached hydrogens (tertiary/aromatic N) is 3. The molecule has 0 spiro atoms. The number of rotatable bonds is 4. The Morgan fingerprint density at radius 3 is 2.60 bits per heavy atom. The lowest BCUT2D eigenvalue weighted by atomic mass is 9.74. The fourth-order valence-corrected chi connectivity index (χ4v) is 4.85. The lowest BCUT2D eigenvalue weighted by molar-refractivity contribution is -0.149. The van der Waals surface area contributed by atoms with Gasteiger partial charge in [-0.1, -0.05) is 30.3 Å². The van der Waals surface area contributed by atoms with Gasteiger partial charge in [0.25, 0.3) is 10.0 Å². The summed E-state index contributed by atoms with van der Waals surface area (Å²) < 4.78 is 33.8. The summed E-state index contributed by atoms with van der Waals surface area (Å²) in [7, 11) is -0.723. The summed E-state index contributed by atoms with van der Waals surface area (Å²) in [6.45, 7) is 0.396. The summed E-state index contributed by atoms with van der Waals surface area (Å²) in [5.41, 5.74) is -0.237. The number of imidazole rings is 1. The molecule has 1 atom stereocenters. The number of piperidine rings is 1. The van der Waals surface area contributed by atoms with E-state index in [4.69, 9.17) is 4.74 Å². The summed E-state index contributed by atoms with van der Waals surface area (Å²) in [5, 5.41) is -0.0104. The van der Waals surface area contributed by atoms with Crippen LogP contribution in [0.1, 0.15) is 18.4 Å². The molecular weight excluding hydrogens is 342 g/mol. The number of hydrogen-bond donors (Lipinski definition) is 0. The van der Waals surface area contributed by atoms with Crippen molar-refractivity contribution in [2.45, 2.75) is 23.3 Å². The van der Waals surface area contributed by atoms with E-state index < -0.39 is 21.4 Å². The molecule has 1 fully saturated rings. The van der Waals surface area contributed by atoms with E-state index in [-0.39, 0.29) is 11.6 Å². The van der Waals surface area contributed by atoms with Crippen LogP contribution in [0.25, 0.3) is 0 Å². The molecule has 0 aliphatic carbocycles. The van der Waals surface area contributed by atoms with Gasteiger partial charge in [-0.15, -0.1) is 0 Å². The number of aryl methyl sites for hydroxylation is 1. The van der Waals surface area contributed by atoms with Crippen LogP contribution >= 0.6 is 0 Å². The van der Waals surface area contributed by atoms with Crippen molar-refractivity contribution < 1.29 is 17.9 Å². The fourth-order valence-electron chi connectivity index (χ4n) is 3.35. The first-order valence-corrected chi connectivity index (χ1v) is 9.46. The third-order valence-corrected chi connectivity index (χ3v) is 6.38. The molecule has 2 aromatic rings. The standard InChI is InChI=1S/C17H21N3O4S/c1-19-11-15(18-13-19)25(22,23)20-10-6-9-17(12-20,16(21)24-2)14-7-4-3-5-8-14/h3-5,7-8,11,13H,6,9-10,12H2,1-2H3. The number of carbonyl (C=O) groups is 1. The smallest absolute Gasteiger partial charge is 0.317 e. The molecular formula is C17H21N3O4S. The van der Waals surface area contributed by atoms with Crippen LogP contribution < -0.4 is 0 Å². The SMILES string of the molecule is COC(=O)C1(c2ccccc2)CCCN(S(=O)(=O)c2cn(C)cn2)C1. The molecule has 0 amide bonds. The topological polar surface area (TPSA) is 81.5 Å². The van der Waals surface area contributed by atoms with Crippen molar-refractivity contribution in [1.29, 1.82) is 0 Å². The summed E-state index contributed by atoms with van der Waals surface area (Å²) in [6.07, 6.45) is 4.02. The van der Waals surface area contributed by atoms with E-state index >= 15 is 0 Å². The second-order valence-corrected chi connectivity index (χ2v) is 8.14. The Balaban J connectivity index is 2.01. The molecule has 1 saturated heterocycles. The minimum atomic E-state index is -3.77. The second-order valence-electron chi connectivity index (χ2n) is 6.26. The van der Waals surface area contributed by atoms with Gasteiger partial charge in [0.05, 0.1) is 13.4 Å². The molecule has 1 aromatic heterocycles. The van der Waals surface area contributed by atoms with Crippen molar-refractivity contribution in [3.8, 4) is 0 Å². The highest BCUT2D eigenvalue weighted by atomic mass is 32.2. The highest BCUT2D eigenvalue weighted by Crippen LogP contribution is 2.37. The molecule has 2 heterocycles. The number of sulfonamides is 1. The fraction of sp³-hybridized carbons (Fsp3) is 0.412. The van der Waals surface area contributed by atoms with E-state index in [2.05, 4.69) is 4.98 Å². The molecule has 0 radical (unpaired) electrons. The van der Waals surface area contributed by atoms with E-state index in [9.17, 15) is 13.2 Å². The highest BCUT2D eigenvalue weighted by Gasteiger charge is 2.48. The number of ether oxygens (including phenoxy) is 1. The normalized spacial score (nSPS) is 21.8. The lowest BCUT2D eigenvalue weighted by Crippen LogP contribution is -2.53. The zero-order valence-electron chi connectivity index (χ0n) is 14.3. The van der Waals surface area contributed by atoms with Gasteiger partial charge in [0.15, 0.2) is 5.03 Å². The predicted octanol–water partition coefficient (Wildman–Crippen LogP) is 1.32. The average molecular weight is 363 g/mol. The van der Waals surface area contributed by atoms with Crippen LogP contribution in [0.3, 0.4) is 0 Å². The average Bonchev–Trinajstić information content (AvgIpc) is 3.09. The minimum absolute atomic E-state index is 0.0104. The van der Waals surface area contributed by atoms with Crippen LogP contribution in [-0.4, -0.2) is 48.4 Å². The Labute approximate surface area is 147 Å². The number of methoxy groups -OCH3 is 1. The Hall–Kier alpha value is -2.19.